The van der Waals surface area contributed by atoms with Crippen molar-refractivity contribution in [1.82, 2.24) is 19.9 Å². The first kappa shape index (κ1) is 29.6. The summed E-state index contributed by atoms with van der Waals surface area (Å²) in [5.74, 6) is -0.810. The molecule has 2 aromatic carbocycles. The molecule has 2 aromatic heterocycles. The zero-order valence-electron chi connectivity index (χ0n) is 25.7. The maximum absolute atomic E-state index is 16.9. The van der Waals surface area contributed by atoms with Crippen LogP contribution in [0.5, 0.6) is 11.8 Å². The van der Waals surface area contributed by atoms with Crippen molar-refractivity contribution >= 4 is 27.5 Å². The number of aryl methyl sites for hydroxylation is 1. The van der Waals surface area contributed by atoms with Crippen LogP contribution in [-0.2, 0) is 15.9 Å². The molecule has 1 spiro atoms. The summed E-state index contributed by atoms with van der Waals surface area (Å²) in [6.45, 7) is 5.69. The van der Waals surface area contributed by atoms with E-state index >= 15 is 4.39 Å². The van der Waals surface area contributed by atoms with Gasteiger partial charge < -0.3 is 24.2 Å². The number of aromatic nitrogens is 3. The molecule has 6 heterocycles. The van der Waals surface area contributed by atoms with Gasteiger partial charge in [-0.05, 0) is 60.3 Å². The second-order valence-electron chi connectivity index (χ2n) is 13.1. The van der Waals surface area contributed by atoms with Gasteiger partial charge in [-0.3, -0.25) is 9.88 Å². The molecule has 4 fully saturated rings. The van der Waals surface area contributed by atoms with E-state index in [1.54, 1.807) is 6.07 Å². The number of hydrogen-bond acceptors (Lipinski definition) is 9. The third-order valence-electron chi connectivity index (χ3n) is 10.3. The smallest absolute Gasteiger partial charge is 0.319 e. The van der Waals surface area contributed by atoms with Crippen LogP contribution in [0.4, 0.5) is 19.0 Å². The van der Waals surface area contributed by atoms with Crippen molar-refractivity contribution in [2.45, 2.75) is 56.3 Å². The number of benzene rings is 2. The Balaban J connectivity index is 1.27. The van der Waals surface area contributed by atoms with Crippen molar-refractivity contribution < 1.29 is 32.5 Å². The van der Waals surface area contributed by atoms with Crippen LogP contribution in [0.15, 0.2) is 30.5 Å². The van der Waals surface area contributed by atoms with Gasteiger partial charge in [0, 0.05) is 37.7 Å². The fraction of sp³-hybridized carbons (Fsp3) is 0.500. The maximum Gasteiger partial charge on any atom is 0.319 e. The number of alkyl halides is 1. The highest BCUT2D eigenvalue weighted by Crippen LogP contribution is 2.42. The van der Waals surface area contributed by atoms with E-state index in [9.17, 15) is 13.9 Å². The van der Waals surface area contributed by atoms with E-state index in [1.165, 1.54) is 24.4 Å². The Morgan fingerprint density at radius 1 is 1.13 bits per heavy atom. The average Bonchev–Trinajstić information content (AvgIpc) is 3.44. The molecule has 1 N–H and O–H groups in total. The molecule has 4 aliphatic rings. The second-order valence-corrected chi connectivity index (χ2v) is 13.1. The lowest BCUT2D eigenvalue weighted by Crippen LogP contribution is -2.54. The molecule has 4 saturated heterocycles. The molecule has 0 amide bonds. The molecular formula is C34H36F3N5O4. The quantitative estimate of drug-likeness (QED) is 0.301. The molecule has 3 atom stereocenters. The summed E-state index contributed by atoms with van der Waals surface area (Å²) < 4.78 is 64.4. The summed E-state index contributed by atoms with van der Waals surface area (Å²) in [5.41, 5.74) is -0.343. The number of nitrogens with zero attached hydrogens (tertiary/aromatic N) is 5. The molecule has 8 rings (SSSR count). The molecule has 4 aromatic rings. The van der Waals surface area contributed by atoms with Gasteiger partial charge in [0.15, 0.2) is 5.82 Å². The molecule has 0 aliphatic carbocycles. The van der Waals surface area contributed by atoms with Crippen molar-refractivity contribution in [3.63, 3.8) is 0 Å². The van der Waals surface area contributed by atoms with Gasteiger partial charge in [-0.15, -0.1) is 0 Å². The predicted octanol–water partition coefficient (Wildman–Crippen LogP) is 5.34. The summed E-state index contributed by atoms with van der Waals surface area (Å²) in [6.07, 6.45) is 3.93. The van der Waals surface area contributed by atoms with Crippen molar-refractivity contribution in [3.8, 4) is 23.0 Å². The van der Waals surface area contributed by atoms with Crippen LogP contribution in [0.3, 0.4) is 0 Å². The van der Waals surface area contributed by atoms with Gasteiger partial charge in [-0.1, -0.05) is 13.0 Å². The largest absolute Gasteiger partial charge is 0.508 e. The van der Waals surface area contributed by atoms with Crippen molar-refractivity contribution in [2.75, 3.05) is 57.5 Å². The zero-order chi connectivity index (χ0) is 31.6. The number of fused-ring (bicyclic) bond motifs is 3. The van der Waals surface area contributed by atoms with E-state index in [2.05, 4.69) is 14.9 Å². The highest BCUT2D eigenvalue weighted by atomic mass is 19.1. The third kappa shape index (κ3) is 4.84. The SMILES string of the molecule is CCc1c(F)ccc2cc(O)cc(-c3ncc4c(N5CCOC[C@@]6(CCO6)C5)nc(OC[C@@]56CCCN5C[C@H](F)C6)nc4c3F)c12. The molecule has 46 heavy (non-hydrogen) atoms. The molecule has 0 saturated carbocycles. The summed E-state index contributed by atoms with van der Waals surface area (Å²) in [5, 5.41) is 12.0. The summed E-state index contributed by atoms with van der Waals surface area (Å²) >= 11 is 0. The van der Waals surface area contributed by atoms with Gasteiger partial charge in [0.05, 0.1) is 37.3 Å². The molecule has 4 aliphatic heterocycles. The Morgan fingerprint density at radius 3 is 2.80 bits per heavy atom. The molecule has 0 radical (unpaired) electrons. The Bertz CT molecular complexity index is 1840. The van der Waals surface area contributed by atoms with Crippen LogP contribution in [0, 0.1) is 11.6 Å². The number of rotatable bonds is 6. The van der Waals surface area contributed by atoms with Crippen LogP contribution >= 0.6 is 0 Å². The number of hydrogen-bond donors (Lipinski definition) is 1. The number of phenols is 1. The van der Waals surface area contributed by atoms with E-state index in [4.69, 9.17) is 19.2 Å². The van der Waals surface area contributed by atoms with E-state index in [-0.39, 0.29) is 35.1 Å². The maximum atomic E-state index is 16.9. The van der Waals surface area contributed by atoms with Gasteiger partial charge in [0.2, 0.25) is 0 Å². The lowest BCUT2D eigenvalue weighted by molar-refractivity contribution is -0.167. The summed E-state index contributed by atoms with van der Waals surface area (Å²) in [6, 6.07) is 5.83. The highest BCUT2D eigenvalue weighted by molar-refractivity contribution is 6.01. The monoisotopic (exact) mass is 635 g/mol. The third-order valence-corrected chi connectivity index (χ3v) is 10.3. The molecular weight excluding hydrogens is 599 g/mol. The molecule has 0 bridgehead atoms. The number of halogens is 3. The molecule has 242 valence electrons. The topological polar surface area (TPSA) is 93.1 Å². The van der Waals surface area contributed by atoms with Crippen molar-refractivity contribution in [1.29, 1.82) is 0 Å². The van der Waals surface area contributed by atoms with Gasteiger partial charge in [-0.25, -0.2) is 13.2 Å². The fourth-order valence-electron chi connectivity index (χ4n) is 7.91. The van der Waals surface area contributed by atoms with Crippen LogP contribution < -0.4 is 9.64 Å². The molecule has 9 nitrogen and oxygen atoms in total. The second kappa shape index (κ2) is 11.2. The normalized spacial score (nSPS) is 26.5. The first-order valence-corrected chi connectivity index (χ1v) is 16.1. The van der Waals surface area contributed by atoms with Gasteiger partial charge in [0.25, 0.3) is 0 Å². The Morgan fingerprint density at radius 2 is 2.00 bits per heavy atom. The minimum atomic E-state index is -0.922. The first-order chi connectivity index (χ1) is 22.3. The lowest BCUT2D eigenvalue weighted by atomic mass is 9.94. The summed E-state index contributed by atoms with van der Waals surface area (Å²) in [7, 11) is 0. The van der Waals surface area contributed by atoms with E-state index < -0.39 is 28.9 Å². The van der Waals surface area contributed by atoms with Crippen LogP contribution in [0.2, 0.25) is 0 Å². The zero-order valence-corrected chi connectivity index (χ0v) is 25.7. The molecule has 12 heteroatoms. The standard InChI is InChI=1S/C34H36F3N5O4/c1-2-23-26(36)5-4-20-12-22(43)13-24(27(20)23)29-28(37)30-25(15-38-29)31(41-9-11-44-19-34(17-41)7-10-46-34)40-32(39-30)45-18-33-6-3-8-42(33)16-21(35)14-33/h4-5,12-13,15,21,43H,2-3,6-11,14,16-19H2,1H3/t21-,33+,34-/m1/s1. The first-order valence-electron chi connectivity index (χ1n) is 16.1. The van der Waals surface area contributed by atoms with Crippen molar-refractivity contribution in [3.05, 3.63) is 47.7 Å². The average molecular weight is 636 g/mol. The van der Waals surface area contributed by atoms with Gasteiger partial charge in [0.1, 0.15) is 47.0 Å². The van der Waals surface area contributed by atoms with E-state index in [1.807, 2.05) is 11.8 Å². The fourth-order valence-corrected chi connectivity index (χ4v) is 7.91. The van der Waals surface area contributed by atoms with Gasteiger partial charge >= 0.3 is 6.01 Å². The van der Waals surface area contributed by atoms with Crippen LogP contribution in [0.1, 0.15) is 38.2 Å². The summed E-state index contributed by atoms with van der Waals surface area (Å²) in [4.78, 5) is 18.1. The number of phenolic OH excluding ortho intramolecular Hbond substituents is 1. The lowest BCUT2D eigenvalue weighted by Gasteiger charge is -2.42. The van der Waals surface area contributed by atoms with E-state index in [0.29, 0.717) is 79.8 Å². The number of pyridine rings is 1. The molecule has 0 unspecified atom stereocenters. The van der Waals surface area contributed by atoms with Gasteiger partial charge in [-0.2, -0.15) is 9.97 Å². The minimum absolute atomic E-state index is 0.0137. The predicted molar refractivity (Wildman–Crippen MR) is 166 cm³/mol. The van der Waals surface area contributed by atoms with Crippen molar-refractivity contribution in [2.24, 2.45) is 0 Å². The number of ether oxygens (including phenoxy) is 3. The van der Waals surface area contributed by atoms with Crippen LogP contribution in [-0.4, -0.2) is 94.9 Å². The Hall–Kier alpha value is -3.74. The number of aromatic hydroxyl groups is 1. The van der Waals surface area contributed by atoms with Crippen LogP contribution in [0.25, 0.3) is 32.9 Å². The number of anilines is 1. The Kier molecular flexibility index (Phi) is 7.22. The minimum Gasteiger partial charge on any atom is -0.508 e. The Labute approximate surface area is 264 Å². The van der Waals surface area contributed by atoms with E-state index in [0.717, 1.165) is 25.8 Å². The highest BCUT2D eigenvalue weighted by Gasteiger charge is 2.49.